The summed E-state index contributed by atoms with van der Waals surface area (Å²) in [5, 5.41) is 23.1. The molecule has 0 radical (unpaired) electrons. The van der Waals surface area contributed by atoms with Gasteiger partial charge in [0.1, 0.15) is 0 Å². The van der Waals surface area contributed by atoms with Gasteiger partial charge < -0.3 is 20.3 Å². The van der Waals surface area contributed by atoms with Crippen LogP contribution in [0.5, 0.6) is 0 Å². The molecule has 0 spiro atoms. The molecule has 0 aromatic rings. The van der Waals surface area contributed by atoms with Crippen LogP contribution in [0.3, 0.4) is 0 Å². The minimum atomic E-state index is -0.853. The summed E-state index contributed by atoms with van der Waals surface area (Å²) in [6.45, 7) is 4.87. The summed E-state index contributed by atoms with van der Waals surface area (Å²) in [6, 6.07) is -0.638. The highest BCUT2D eigenvalue weighted by molar-refractivity contribution is 5.76. The lowest BCUT2D eigenvalue weighted by atomic mass is 10.0. The van der Waals surface area contributed by atoms with Gasteiger partial charge in [0.15, 0.2) is 0 Å². The Kier molecular flexibility index (Phi) is 55.6. The Morgan fingerprint density at radius 1 is 0.412 bits per heavy atom. The zero-order valence-corrected chi connectivity index (χ0v) is 45.3. The average molecular weight is 955 g/mol. The number of rotatable bonds is 55. The van der Waals surface area contributed by atoms with Crippen LogP contribution in [-0.2, 0) is 14.3 Å². The van der Waals surface area contributed by atoms with Gasteiger partial charge in [-0.1, -0.05) is 255 Å². The second-order valence-electron chi connectivity index (χ2n) is 20.3. The molecule has 0 bridgehead atoms. The van der Waals surface area contributed by atoms with E-state index >= 15 is 0 Å². The zero-order valence-electron chi connectivity index (χ0n) is 45.3. The molecule has 0 rings (SSSR count). The number of ether oxygens (including phenoxy) is 1. The summed E-state index contributed by atoms with van der Waals surface area (Å²) >= 11 is 0. The van der Waals surface area contributed by atoms with Crippen molar-refractivity contribution in [3.05, 3.63) is 48.6 Å². The Labute approximate surface area is 423 Å². The fraction of sp³-hybridized carbons (Fsp3) is 0.839. The zero-order chi connectivity index (χ0) is 49.3. The number of nitrogens with one attached hydrogen (secondary N) is 1. The molecule has 0 aliphatic heterocycles. The maximum atomic E-state index is 12.5. The number of hydrogen-bond donors (Lipinski definition) is 3. The van der Waals surface area contributed by atoms with E-state index in [4.69, 9.17) is 4.74 Å². The normalized spacial score (nSPS) is 12.9. The first-order chi connectivity index (χ1) is 33.5. The van der Waals surface area contributed by atoms with Gasteiger partial charge in [-0.2, -0.15) is 0 Å². The molecule has 3 N–H and O–H groups in total. The van der Waals surface area contributed by atoms with Crippen molar-refractivity contribution in [1.29, 1.82) is 0 Å². The number of aliphatic hydroxyl groups is 2. The van der Waals surface area contributed by atoms with Crippen molar-refractivity contribution in [3.63, 3.8) is 0 Å². The van der Waals surface area contributed by atoms with Crippen molar-refractivity contribution >= 4 is 11.9 Å². The largest absolute Gasteiger partial charge is 0.466 e. The molecule has 0 fully saturated rings. The quantitative estimate of drug-likeness (QED) is 0.0321. The third kappa shape index (κ3) is 53.2. The monoisotopic (exact) mass is 954 g/mol. The average Bonchev–Trinajstić information content (AvgIpc) is 3.34. The molecule has 398 valence electrons. The summed E-state index contributed by atoms with van der Waals surface area (Å²) in [6.07, 6.45) is 72.7. The number of unbranched alkanes of at least 4 members (excludes halogenated alkanes) is 38. The fourth-order valence-electron chi connectivity index (χ4n) is 8.95. The van der Waals surface area contributed by atoms with Gasteiger partial charge in [-0.25, -0.2) is 0 Å². The predicted octanol–water partition coefficient (Wildman–Crippen LogP) is 18.6. The first-order valence-electron chi connectivity index (χ1n) is 29.9. The Balaban J connectivity index is 3.48. The van der Waals surface area contributed by atoms with E-state index in [0.717, 1.165) is 64.2 Å². The summed E-state index contributed by atoms with van der Waals surface area (Å²) in [7, 11) is 0. The van der Waals surface area contributed by atoms with Crippen LogP contribution in [0.2, 0.25) is 0 Å². The van der Waals surface area contributed by atoms with E-state index in [-0.39, 0.29) is 18.5 Å². The van der Waals surface area contributed by atoms with E-state index in [1.807, 2.05) is 6.08 Å². The van der Waals surface area contributed by atoms with Crippen LogP contribution in [0.25, 0.3) is 0 Å². The van der Waals surface area contributed by atoms with Crippen LogP contribution in [0, 0.1) is 0 Å². The van der Waals surface area contributed by atoms with Crippen molar-refractivity contribution in [2.45, 2.75) is 321 Å². The summed E-state index contributed by atoms with van der Waals surface area (Å²) in [5.74, 6) is -0.0902. The molecule has 0 aliphatic rings. The highest BCUT2D eigenvalue weighted by Gasteiger charge is 2.18. The number of aliphatic hydroxyl groups excluding tert-OH is 2. The number of allylic oxidation sites excluding steroid dienone is 7. The minimum Gasteiger partial charge on any atom is -0.466 e. The number of hydrogen-bond acceptors (Lipinski definition) is 5. The van der Waals surface area contributed by atoms with Gasteiger partial charge in [0.05, 0.1) is 25.4 Å². The number of amides is 1. The SMILES string of the molecule is CCCCCC/C=C\C/C=C\CCCCCCCCCC(=O)OCCCCCCCC/C=C\CCCCCCCCCC(=O)NC(CO)C(O)/C=C/CCCCCCCCCCCCCCCC. The molecule has 0 saturated carbocycles. The lowest BCUT2D eigenvalue weighted by molar-refractivity contribution is -0.143. The highest BCUT2D eigenvalue weighted by atomic mass is 16.5. The van der Waals surface area contributed by atoms with Crippen LogP contribution < -0.4 is 5.32 Å². The molecular weight excluding hydrogens is 839 g/mol. The third-order valence-electron chi connectivity index (χ3n) is 13.6. The predicted molar refractivity (Wildman–Crippen MR) is 296 cm³/mol. The van der Waals surface area contributed by atoms with E-state index in [9.17, 15) is 19.8 Å². The van der Waals surface area contributed by atoms with Crippen molar-refractivity contribution in [2.75, 3.05) is 13.2 Å². The highest BCUT2D eigenvalue weighted by Crippen LogP contribution is 2.16. The minimum absolute atomic E-state index is 0.0104. The van der Waals surface area contributed by atoms with Crippen molar-refractivity contribution in [2.24, 2.45) is 0 Å². The van der Waals surface area contributed by atoms with Gasteiger partial charge in [-0.15, -0.1) is 0 Å². The van der Waals surface area contributed by atoms with E-state index in [1.54, 1.807) is 6.08 Å². The number of carbonyl (C=O) groups excluding carboxylic acids is 2. The smallest absolute Gasteiger partial charge is 0.305 e. The number of carbonyl (C=O) groups is 2. The van der Waals surface area contributed by atoms with Gasteiger partial charge in [-0.05, 0) is 89.9 Å². The van der Waals surface area contributed by atoms with E-state index in [0.29, 0.717) is 19.4 Å². The second kappa shape index (κ2) is 57.4. The topological polar surface area (TPSA) is 95.9 Å². The summed E-state index contributed by atoms with van der Waals surface area (Å²) < 4.78 is 5.48. The van der Waals surface area contributed by atoms with Crippen LogP contribution >= 0.6 is 0 Å². The Morgan fingerprint density at radius 2 is 0.735 bits per heavy atom. The van der Waals surface area contributed by atoms with Crippen molar-refractivity contribution in [1.82, 2.24) is 5.32 Å². The molecule has 0 aliphatic carbocycles. The molecule has 0 aromatic carbocycles. The molecule has 6 nitrogen and oxygen atoms in total. The standard InChI is InChI=1S/C62H115NO5/c1-3-5-7-9-11-13-15-17-19-21-24-28-32-36-40-44-48-52-56-62(67)68-57-53-49-45-41-37-33-29-25-22-23-27-31-35-39-43-47-51-55-61(66)63-59(58-64)60(65)54-50-46-42-38-34-30-26-20-18-16-14-12-10-8-6-4-2/h13,15,19,21-22,25,50,54,59-60,64-65H,3-12,14,16-18,20,23-24,26-49,51-53,55-58H2,1-2H3,(H,63,66)/b15-13-,21-19-,25-22-,54-50+. The van der Waals surface area contributed by atoms with Gasteiger partial charge in [0.25, 0.3) is 0 Å². The van der Waals surface area contributed by atoms with Gasteiger partial charge in [0.2, 0.25) is 5.91 Å². The molecular formula is C62H115NO5. The third-order valence-corrected chi connectivity index (χ3v) is 13.6. The molecule has 1 amide bonds. The lowest BCUT2D eigenvalue weighted by Gasteiger charge is -2.20. The Hall–Kier alpha value is -2.18. The second-order valence-corrected chi connectivity index (χ2v) is 20.3. The van der Waals surface area contributed by atoms with Gasteiger partial charge in [0, 0.05) is 12.8 Å². The Bertz CT molecular complexity index is 1150. The van der Waals surface area contributed by atoms with Gasteiger partial charge in [-0.3, -0.25) is 9.59 Å². The van der Waals surface area contributed by atoms with E-state index in [1.165, 1.54) is 218 Å². The van der Waals surface area contributed by atoms with Gasteiger partial charge >= 0.3 is 5.97 Å². The van der Waals surface area contributed by atoms with E-state index < -0.39 is 12.1 Å². The van der Waals surface area contributed by atoms with E-state index in [2.05, 4.69) is 55.6 Å². The first-order valence-corrected chi connectivity index (χ1v) is 29.9. The van der Waals surface area contributed by atoms with Crippen LogP contribution in [0.1, 0.15) is 309 Å². The molecule has 6 heteroatoms. The fourth-order valence-corrected chi connectivity index (χ4v) is 8.95. The number of esters is 1. The summed E-state index contributed by atoms with van der Waals surface area (Å²) in [4.78, 5) is 24.5. The maximum absolute atomic E-state index is 12.5. The maximum Gasteiger partial charge on any atom is 0.305 e. The molecule has 0 aromatic heterocycles. The molecule has 2 atom stereocenters. The molecule has 2 unspecified atom stereocenters. The van der Waals surface area contributed by atoms with Crippen molar-refractivity contribution < 1.29 is 24.5 Å². The molecule has 68 heavy (non-hydrogen) atoms. The van der Waals surface area contributed by atoms with Crippen molar-refractivity contribution in [3.8, 4) is 0 Å². The molecule has 0 heterocycles. The Morgan fingerprint density at radius 3 is 1.15 bits per heavy atom. The first kappa shape index (κ1) is 65.8. The summed E-state index contributed by atoms with van der Waals surface area (Å²) in [5.41, 5.74) is 0. The van der Waals surface area contributed by atoms with Crippen LogP contribution in [0.4, 0.5) is 0 Å². The van der Waals surface area contributed by atoms with Crippen LogP contribution in [-0.4, -0.2) is 47.4 Å². The lowest BCUT2D eigenvalue weighted by Crippen LogP contribution is -2.45. The van der Waals surface area contributed by atoms with Crippen LogP contribution in [0.15, 0.2) is 48.6 Å². The molecule has 0 saturated heterocycles.